The molecule has 1 heterocycles. The third-order valence-electron chi connectivity index (χ3n) is 4.35. The van der Waals surface area contributed by atoms with E-state index in [2.05, 4.69) is 10.3 Å². The number of nitrogens with one attached hydrogen (secondary N) is 1. The number of carbonyl (C=O) groups is 1. The first-order chi connectivity index (χ1) is 13.0. The highest BCUT2D eigenvalue weighted by atomic mass is 35.5. The number of nitrogens with zero attached hydrogens (tertiary/aromatic N) is 2. The number of benzene rings is 2. The predicted octanol–water partition coefficient (Wildman–Crippen LogP) is 6.42. The quantitative estimate of drug-likeness (QED) is 0.516. The first-order valence-corrected chi connectivity index (χ1v) is 9.68. The van der Waals surface area contributed by atoms with Crippen LogP contribution in [-0.4, -0.2) is 28.9 Å². The maximum Gasteiger partial charge on any atom is 0.256 e. The van der Waals surface area contributed by atoms with Gasteiger partial charge in [-0.1, -0.05) is 53.0 Å². The van der Waals surface area contributed by atoms with Gasteiger partial charge in [0.05, 0.1) is 21.3 Å². The third kappa shape index (κ3) is 3.84. The van der Waals surface area contributed by atoms with Crippen molar-refractivity contribution in [2.75, 3.05) is 18.4 Å². The minimum absolute atomic E-state index is 0.0991. The van der Waals surface area contributed by atoms with Gasteiger partial charge < -0.3 is 10.2 Å². The first kappa shape index (κ1) is 19.7. The van der Waals surface area contributed by atoms with Crippen LogP contribution in [0, 0.1) is 0 Å². The first-order valence-electron chi connectivity index (χ1n) is 8.55. The molecule has 0 aliphatic heterocycles. The maximum absolute atomic E-state index is 12.9. The highest BCUT2D eigenvalue weighted by molar-refractivity contribution is 6.43. The molecule has 0 fully saturated rings. The number of hydrogen-bond acceptors (Lipinski definition) is 3. The Kier molecular flexibility index (Phi) is 6.10. The summed E-state index contributed by atoms with van der Waals surface area (Å²) in [5, 5.41) is 5.92. The number of hydrogen-bond donors (Lipinski definition) is 1. The van der Waals surface area contributed by atoms with E-state index in [1.165, 1.54) is 0 Å². The van der Waals surface area contributed by atoms with E-state index >= 15 is 0 Å². The van der Waals surface area contributed by atoms with Gasteiger partial charge in [0.1, 0.15) is 5.82 Å². The van der Waals surface area contributed by atoms with Crippen molar-refractivity contribution in [2.45, 2.75) is 13.8 Å². The molecule has 1 N–H and O–H groups in total. The van der Waals surface area contributed by atoms with Gasteiger partial charge in [0.2, 0.25) is 0 Å². The van der Waals surface area contributed by atoms with Crippen molar-refractivity contribution >= 4 is 63.0 Å². The van der Waals surface area contributed by atoms with Crippen LogP contribution in [0.2, 0.25) is 15.1 Å². The van der Waals surface area contributed by atoms with E-state index in [1.54, 1.807) is 35.4 Å². The Balaban J connectivity index is 2.15. The van der Waals surface area contributed by atoms with Gasteiger partial charge in [-0.05, 0) is 32.0 Å². The Hall–Kier alpha value is -2.01. The summed E-state index contributed by atoms with van der Waals surface area (Å²) in [6.45, 7) is 5.10. The van der Waals surface area contributed by atoms with E-state index in [-0.39, 0.29) is 5.91 Å². The summed E-state index contributed by atoms with van der Waals surface area (Å²) in [5.74, 6) is 0.450. The SMILES string of the molecule is CCN(CC)C(=O)c1cnc(Nc2cccc(Cl)c2Cl)c2cccc(Cl)c12. The van der Waals surface area contributed by atoms with Crippen molar-refractivity contribution in [1.82, 2.24) is 9.88 Å². The Morgan fingerprint density at radius 1 is 1.04 bits per heavy atom. The predicted molar refractivity (Wildman–Crippen MR) is 114 cm³/mol. The minimum atomic E-state index is -0.0991. The fraction of sp³-hybridized carbons (Fsp3) is 0.200. The van der Waals surface area contributed by atoms with Crippen LogP contribution in [0.4, 0.5) is 11.5 Å². The molecule has 0 unspecified atom stereocenters. The number of amides is 1. The number of fused-ring (bicyclic) bond motifs is 1. The van der Waals surface area contributed by atoms with E-state index in [4.69, 9.17) is 34.8 Å². The fourth-order valence-electron chi connectivity index (χ4n) is 2.93. The third-order valence-corrected chi connectivity index (χ3v) is 5.48. The average molecular weight is 423 g/mol. The molecule has 1 aromatic heterocycles. The van der Waals surface area contributed by atoms with Crippen molar-refractivity contribution < 1.29 is 4.79 Å². The van der Waals surface area contributed by atoms with Crippen molar-refractivity contribution in [1.29, 1.82) is 0 Å². The molecule has 0 saturated heterocycles. The summed E-state index contributed by atoms with van der Waals surface area (Å²) in [7, 11) is 0. The van der Waals surface area contributed by atoms with Crippen LogP contribution in [0.15, 0.2) is 42.6 Å². The molecule has 0 spiro atoms. The fourth-order valence-corrected chi connectivity index (χ4v) is 3.55. The van der Waals surface area contributed by atoms with Gasteiger partial charge in [-0.2, -0.15) is 0 Å². The number of halogens is 3. The lowest BCUT2D eigenvalue weighted by Crippen LogP contribution is -2.30. The molecule has 2 aromatic carbocycles. The van der Waals surface area contributed by atoms with Crippen LogP contribution in [-0.2, 0) is 0 Å². The number of anilines is 2. The zero-order valence-corrected chi connectivity index (χ0v) is 17.2. The molecular formula is C20H18Cl3N3O. The lowest BCUT2D eigenvalue weighted by atomic mass is 10.1. The highest BCUT2D eigenvalue weighted by Gasteiger charge is 2.20. The molecule has 0 aliphatic rings. The van der Waals surface area contributed by atoms with Crippen LogP contribution < -0.4 is 5.32 Å². The zero-order valence-electron chi connectivity index (χ0n) is 14.9. The van der Waals surface area contributed by atoms with Crippen LogP contribution in [0.3, 0.4) is 0 Å². The molecule has 7 heteroatoms. The van der Waals surface area contributed by atoms with Crippen molar-refractivity contribution in [3.8, 4) is 0 Å². The van der Waals surface area contributed by atoms with Crippen LogP contribution in [0.1, 0.15) is 24.2 Å². The summed E-state index contributed by atoms with van der Waals surface area (Å²) in [6, 6.07) is 10.8. The summed E-state index contributed by atoms with van der Waals surface area (Å²) in [4.78, 5) is 19.1. The Labute approximate surface area is 173 Å². The standard InChI is InChI=1S/C20H18Cl3N3O/c1-3-26(4-2)20(27)13-11-24-19(12-7-5-8-14(21)17(12)13)25-16-10-6-9-15(22)18(16)23/h5-11H,3-4H2,1-2H3,(H,24,25). The Morgan fingerprint density at radius 3 is 2.41 bits per heavy atom. The molecule has 0 aliphatic carbocycles. The second-order valence-corrected chi connectivity index (χ2v) is 7.08. The molecule has 0 radical (unpaired) electrons. The normalized spacial score (nSPS) is 10.9. The topological polar surface area (TPSA) is 45.2 Å². The van der Waals surface area contributed by atoms with Gasteiger partial charge in [0, 0.05) is 35.1 Å². The van der Waals surface area contributed by atoms with Gasteiger partial charge in [-0.25, -0.2) is 4.98 Å². The lowest BCUT2D eigenvalue weighted by Gasteiger charge is -2.20. The van der Waals surface area contributed by atoms with Crippen molar-refractivity contribution in [3.63, 3.8) is 0 Å². The molecule has 27 heavy (non-hydrogen) atoms. The van der Waals surface area contributed by atoms with Gasteiger partial charge in [0.15, 0.2) is 0 Å². The molecule has 1 amide bonds. The van der Waals surface area contributed by atoms with Crippen molar-refractivity contribution in [3.05, 3.63) is 63.2 Å². The van der Waals surface area contributed by atoms with Crippen LogP contribution >= 0.6 is 34.8 Å². The maximum atomic E-state index is 12.9. The second-order valence-electron chi connectivity index (χ2n) is 5.89. The van der Waals surface area contributed by atoms with Gasteiger partial charge in [-0.3, -0.25) is 4.79 Å². The monoisotopic (exact) mass is 421 g/mol. The zero-order chi connectivity index (χ0) is 19.6. The van der Waals surface area contributed by atoms with E-state index in [1.807, 2.05) is 26.0 Å². The van der Waals surface area contributed by atoms with Gasteiger partial charge >= 0.3 is 0 Å². The highest BCUT2D eigenvalue weighted by Crippen LogP contribution is 2.36. The van der Waals surface area contributed by atoms with Crippen molar-refractivity contribution in [2.24, 2.45) is 0 Å². The second kappa shape index (κ2) is 8.34. The van der Waals surface area contributed by atoms with Crippen LogP contribution in [0.25, 0.3) is 10.8 Å². The summed E-state index contributed by atoms with van der Waals surface area (Å²) in [5.41, 5.74) is 1.10. The average Bonchev–Trinajstić information content (AvgIpc) is 2.67. The largest absolute Gasteiger partial charge is 0.339 e. The number of pyridine rings is 1. The summed E-state index contributed by atoms with van der Waals surface area (Å²) < 4.78 is 0. The number of rotatable bonds is 5. The number of carbonyl (C=O) groups excluding carboxylic acids is 1. The summed E-state index contributed by atoms with van der Waals surface area (Å²) >= 11 is 18.8. The molecule has 0 saturated carbocycles. The van der Waals surface area contributed by atoms with E-state index in [9.17, 15) is 4.79 Å². The van der Waals surface area contributed by atoms with E-state index < -0.39 is 0 Å². The molecular weight excluding hydrogens is 405 g/mol. The molecule has 0 bridgehead atoms. The Bertz CT molecular complexity index is 1000. The lowest BCUT2D eigenvalue weighted by molar-refractivity contribution is 0.0774. The van der Waals surface area contributed by atoms with Gasteiger partial charge in [0.25, 0.3) is 5.91 Å². The number of aromatic nitrogens is 1. The molecule has 3 aromatic rings. The molecule has 3 rings (SSSR count). The van der Waals surface area contributed by atoms with E-state index in [0.29, 0.717) is 50.6 Å². The smallest absolute Gasteiger partial charge is 0.256 e. The molecule has 4 nitrogen and oxygen atoms in total. The minimum Gasteiger partial charge on any atom is -0.339 e. The van der Waals surface area contributed by atoms with Gasteiger partial charge in [-0.15, -0.1) is 0 Å². The molecule has 140 valence electrons. The molecule has 0 atom stereocenters. The van der Waals surface area contributed by atoms with Crippen LogP contribution in [0.5, 0.6) is 0 Å². The Morgan fingerprint density at radius 2 is 1.70 bits per heavy atom. The summed E-state index contributed by atoms with van der Waals surface area (Å²) in [6.07, 6.45) is 1.55. The van der Waals surface area contributed by atoms with E-state index in [0.717, 1.165) is 5.39 Å².